The van der Waals surface area contributed by atoms with Crippen molar-refractivity contribution in [3.05, 3.63) is 47.5 Å². The second-order valence-electron chi connectivity index (χ2n) is 4.42. The number of benzene rings is 2. The standard InChI is InChI=1S/C15H16N2O3/c1-2-9-3-4-10(7-13(9)16)17-15(20)12-6-5-11(18)8-14(12)19/h3-8,18-19H,2,16H2,1H3,(H,17,20). The zero-order chi connectivity index (χ0) is 14.7. The topological polar surface area (TPSA) is 95.6 Å². The molecule has 0 aliphatic rings. The molecule has 0 spiro atoms. The van der Waals surface area contributed by atoms with E-state index < -0.39 is 5.91 Å². The van der Waals surface area contributed by atoms with Crippen molar-refractivity contribution in [2.45, 2.75) is 13.3 Å². The molecule has 20 heavy (non-hydrogen) atoms. The van der Waals surface area contributed by atoms with Crippen molar-refractivity contribution >= 4 is 17.3 Å². The van der Waals surface area contributed by atoms with Gasteiger partial charge in [-0.15, -0.1) is 0 Å². The van der Waals surface area contributed by atoms with Gasteiger partial charge in [-0.25, -0.2) is 0 Å². The Labute approximate surface area is 116 Å². The van der Waals surface area contributed by atoms with Crippen LogP contribution in [0.15, 0.2) is 36.4 Å². The van der Waals surface area contributed by atoms with E-state index in [1.54, 1.807) is 12.1 Å². The molecule has 2 aromatic carbocycles. The highest BCUT2D eigenvalue weighted by Crippen LogP contribution is 2.24. The van der Waals surface area contributed by atoms with Crippen molar-refractivity contribution in [3.8, 4) is 11.5 Å². The van der Waals surface area contributed by atoms with Gasteiger partial charge in [-0.1, -0.05) is 13.0 Å². The van der Waals surface area contributed by atoms with Crippen molar-refractivity contribution in [2.75, 3.05) is 11.1 Å². The van der Waals surface area contributed by atoms with Crippen molar-refractivity contribution in [3.63, 3.8) is 0 Å². The van der Waals surface area contributed by atoms with E-state index in [1.807, 2.05) is 13.0 Å². The van der Waals surface area contributed by atoms with Crippen LogP contribution in [-0.4, -0.2) is 16.1 Å². The van der Waals surface area contributed by atoms with E-state index in [-0.39, 0.29) is 17.1 Å². The lowest BCUT2D eigenvalue weighted by Crippen LogP contribution is -2.12. The third-order valence-corrected chi connectivity index (χ3v) is 3.01. The number of nitrogens with one attached hydrogen (secondary N) is 1. The first kappa shape index (κ1) is 13.7. The number of nitrogens with two attached hydrogens (primary N) is 1. The molecule has 0 saturated carbocycles. The van der Waals surface area contributed by atoms with Gasteiger partial charge in [0.2, 0.25) is 0 Å². The Hall–Kier alpha value is -2.69. The number of aromatic hydroxyl groups is 2. The van der Waals surface area contributed by atoms with Crippen LogP contribution < -0.4 is 11.1 Å². The van der Waals surface area contributed by atoms with Crippen LogP contribution in [0.3, 0.4) is 0 Å². The lowest BCUT2D eigenvalue weighted by molar-refractivity contribution is 0.102. The molecule has 0 aliphatic carbocycles. The van der Waals surface area contributed by atoms with Gasteiger partial charge in [0, 0.05) is 17.4 Å². The number of phenols is 2. The summed E-state index contributed by atoms with van der Waals surface area (Å²) >= 11 is 0. The second kappa shape index (κ2) is 5.52. The summed E-state index contributed by atoms with van der Waals surface area (Å²) in [6.45, 7) is 2.00. The van der Waals surface area contributed by atoms with Gasteiger partial charge in [-0.3, -0.25) is 4.79 Å². The van der Waals surface area contributed by atoms with Gasteiger partial charge in [0.05, 0.1) is 5.56 Å². The highest BCUT2D eigenvalue weighted by Gasteiger charge is 2.12. The van der Waals surface area contributed by atoms with Gasteiger partial charge in [0.15, 0.2) is 0 Å². The summed E-state index contributed by atoms with van der Waals surface area (Å²) in [7, 11) is 0. The Kier molecular flexibility index (Phi) is 3.79. The first-order valence-electron chi connectivity index (χ1n) is 6.23. The molecule has 5 N–H and O–H groups in total. The molecule has 2 aromatic rings. The Morgan fingerprint density at radius 2 is 1.95 bits per heavy atom. The largest absolute Gasteiger partial charge is 0.508 e. The fraction of sp³-hybridized carbons (Fsp3) is 0.133. The first-order chi connectivity index (χ1) is 9.51. The van der Waals surface area contributed by atoms with Crippen LogP contribution in [0.5, 0.6) is 11.5 Å². The maximum atomic E-state index is 12.0. The molecule has 0 aromatic heterocycles. The third kappa shape index (κ3) is 2.83. The van der Waals surface area contributed by atoms with Crippen molar-refractivity contribution in [1.82, 2.24) is 0 Å². The summed E-state index contributed by atoms with van der Waals surface area (Å²) in [5, 5.41) is 21.5. The average Bonchev–Trinajstić information content (AvgIpc) is 2.38. The first-order valence-corrected chi connectivity index (χ1v) is 6.23. The molecule has 5 heteroatoms. The highest BCUT2D eigenvalue weighted by molar-refractivity contribution is 6.06. The van der Waals surface area contributed by atoms with Crippen LogP contribution in [0.2, 0.25) is 0 Å². The van der Waals surface area contributed by atoms with E-state index in [1.165, 1.54) is 12.1 Å². The number of anilines is 2. The smallest absolute Gasteiger partial charge is 0.259 e. The third-order valence-electron chi connectivity index (χ3n) is 3.01. The molecule has 5 nitrogen and oxygen atoms in total. The van der Waals surface area contributed by atoms with Crippen molar-refractivity contribution < 1.29 is 15.0 Å². The SMILES string of the molecule is CCc1ccc(NC(=O)c2ccc(O)cc2O)cc1N. The van der Waals surface area contributed by atoms with E-state index in [0.717, 1.165) is 18.1 Å². The van der Waals surface area contributed by atoms with Crippen LogP contribution in [0.1, 0.15) is 22.8 Å². The normalized spacial score (nSPS) is 10.2. The molecule has 0 unspecified atom stereocenters. The van der Waals surface area contributed by atoms with E-state index in [4.69, 9.17) is 5.73 Å². The van der Waals surface area contributed by atoms with Gasteiger partial charge in [-0.05, 0) is 36.2 Å². The number of nitrogen functional groups attached to an aromatic ring is 1. The second-order valence-corrected chi connectivity index (χ2v) is 4.42. The molecule has 2 rings (SSSR count). The number of rotatable bonds is 3. The van der Waals surface area contributed by atoms with Crippen LogP contribution >= 0.6 is 0 Å². The maximum absolute atomic E-state index is 12.0. The average molecular weight is 272 g/mol. The molecule has 0 fully saturated rings. The summed E-state index contributed by atoms with van der Waals surface area (Å²) in [6.07, 6.45) is 0.818. The number of carbonyl (C=O) groups is 1. The predicted molar refractivity (Wildman–Crippen MR) is 78.0 cm³/mol. The Bertz CT molecular complexity index is 654. The summed E-state index contributed by atoms with van der Waals surface area (Å²) in [6, 6.07) is 9.08. The number of carbonyl (C=O) groups excluding carboxylic acids is 1. The van der Waals surface area contributed by atoms with Crippen LogP contribution in [-0.2, 0) is 6.42 Å². The molecular formula is C15H16N2O3. The van der Waals surface area contributed by atoms with E-state index in [9.17, 15) is 15.0 Å². The monoisotopic (exact) mass is 272 g/mol. The number of hydrogen-bond donors (Lipinski definition) is 4. The molecule has 0 heterocycles. The fourth-order valence-corrected chi connectivity index (χ4v) is 1.91. The van der Waals surface area contributed by atoms with Gasteiger partial charge < -0.3 is 21.3 Å². The molecule has 104 valence electrons. The maximum Gasteiger partial charge on any atom is 0.259 e. The lowest BCUT2D eigenvalue weighted by Gasteiger charge is -2.09. The van der Waals surface area contributed by atoms with Crippen LogP contribution in [0, 0.1) is 0 Å². The number of aryl methyl sites for hydroxylation is 1. The van der Waals surface area contributed by atoms with Gasteiger partial charge in [0.1, 0.15) is 11.5 Å². The van der Waals surface area contributed by atoms with Crippen molar-refractivity contribution in [1.29, 1.82) is 0 Å². The summed E-state index contributed by atoms with van der Waals surface area (Å²) in [5.41, 5.74) is 8.12. The zero-order valence-corrected chi connectivity index (χ0v) is 11.1. The summed E-state index contributed by atoms with van der Waals surface area (Å²) < 4.78 is 0. The molecule has 0 aliphatic heterocycles. The van der Waals surface area contributed by atoms with E-state index in [2.05, 4.69) is 5.32 Å². The number of amides is 1. The van der Waals surface area contributed by atoms with E-state index >= 15 is 0 Å². The van der Waals surface area contributed by atoms with Gasteiger partial charge in [0.25, 0.3) is 5.91 Å². The molecule has 1 amide bonds. The minimum atomic E-state index is -0.467. The number of phenolic OH excluding ortho intramolecular Hbond substituents is 2. The quantitative estimate of drug-likeness (QED) is 0.645. The van der Waals surface area contributed by atoms with Gasteiger partial charge >= 0.3 is 0 Å². The van der Waals surface area contributed by atoms with Crippen molar-refractivity contribution in [2.24, 2.45) is 0 Å². The molecule has 0 saturated heterocycles. The predicted octanol–water partition coefficient (Wildman–Crippen LogP) is 2.49. The Morgan fingerprint density at radius 3 is 2.55 bits per heavy atom. The zero-order valence-electron chi connectivity index (χ0n) is 11.1. The van der Waals surface area contributed by atoms with Gasteiger partial charge in [-0.2, -0.15) is 0 Å². The lowest BCUT2D eigenvalue weighted by atomic mass is 10.1. The number of hydrogen-bond acceptors (Lipinski definition) is 4. The van der Waals surface area contributed by atoms with Crippen LogP contribution in [0.25, 0.3) is 0 Å². The molecular weight excluding hydrogens is 256 g/mol. The Morgan fingerprint density at radius 1 is 1.20 bits per heavy atom. The summed E-state index contributed by atoms with van der Waals surface area (Å²) in [5.74, 6) is -0.845. The molecule has 0 radical (unpaired) electrons. The molecule has 0 atom stereocenters. The summed E-state index contributed by atoms with van der Waals surface area (Å²) in [4.78, 5) is 12.0. The fourth-order valence-electron chi connectivity index (χ4n) is 1.91. The highest BCUT2D eigenvalue weighted by atomic mass is 16.3. The Balaban J connectivity index is 2.21. The van der Waals surface area contributed by atoms with E-state index in [0.29, 0.717) is 11.4 Å². The minimum absolute atomic E-state index is 0.0842. The molecule has 0 bridgehead atoms. The minimum Gasteiger partial charge on any atom is -0.508 e. The van der Waals surface area contributed by atoms with Crippen LogP contribution in [0.4, 0.5) is 11.4 Å².